The normalized spacial score (nSPS) is 11.7. The second kappa shape index (κ2) is 8.56. The molecule has 0 atom stereocenters. The van der Waals surface area contributed by atoms with Gasteiger partial charge in [-0.1, -0.05) is 37.6 Å². The zero-order chi connectivity index (χ0) is 19.3. The number of benzene rings is 2. The zero-order valence-electron chi connectivity index (χ0n) is 14.5. The van der Waals surface area contributed by atoms with Crippen LogP contribution in [0.3, 0.4) is 0 Å². The minimum atomic E-state index is -4.50. The van der Waals surface area contributed by atoms with E-state index in [9.17, 15) is 18.0 Å². The number of alkyl halides is 3. The minimum Gasteiger partial charge on any atom is -0.321 e. The van der Waals surface area contributed by atoms with Crippen LogP contribution in [-0.4, -0.2) is 23.9 Å². The minimum absolute atomic E-state index is 0.0458. The van der Waals surface area contributed by atoms with Crippen molar-refractivity contribution >= 4 is 23.2 Å². The van der Waals surface area contributed by atoms with Crippen LogP contribution in [0, 0.1) is 0 Å². The van der Waals surface area contributed by atoms with E-state index in [-0.39, 0.29) is 10.7 Å². The van der Waals surface area contributed by atoms with Crippen molar-refractivity contribution in [3.05, 3.63) is 64.2 Å². The maximum absolute atomic E-state index is 12.8. The molecular formula is C19H20ClF3N2O. The Kier molecular flexibility index (Phi) is 6.67. The standard InChI is InChI=1S/C19H20ClF3N2O/c1-3-25(4-2)12-13-5-7-14(8-6-13)18(26)24-17-11-15(19(21,22)23)9-10-16(17)20/h5-11H,3-4,12H2,1-2H3,(H,24,26). The summed E-state index contributed by atoms with van der Waals surface area (Å²) >= 11 is 5.90. The van der Waals surface area contributed by atoms with E-state index in [1.807, 2.05) is 12.1 Å². The number of amides is 1. The molecule has 2 aromatic carbocycles. The van der Waals surface area contributed by atoms with Gasteiger partial charge in [0, 0.05) is 12.1 Å². The van der Waals surface area contributed by atoms with Crippen LogP contribution in [0.2, 0.25) is 5.02 Å². The first-order chi connectivity index (χ1) is 12.2. The third kappa shape index (κ3) is 5.22. The lowest BCUT2D eigenvalue weighted by molar-refractivity contribution is -0.137. The van der Waals surface area contributed by atoms with Crippen molar-refractivity contribution in [2.75, 3.05) is 18.4 Å². The van der Waals surface area contributed by atoms with E-state index in [1.165, 1.54) is 0 Å². The van der Waals surface area contributed by atoms with Gasteiger partial charge in [0.2, 0.25) is 0 Å². The summed E-state index contributed by atoms with van der Waals surface area (Å²) in [6, 6.07) is 9.79. The molecule has 1 amide bonds. The van der Waals surface area contributed by atoms with Gasteiger partial charge in [0.05, 0.1) is 16.3 Å². The molecule has 3 nitrogen and oxygen atoms in total. The number of nitrogens with zero attached hydrogens (tertiary/aromatic N) is 1. The van der Waals surface area contributed by atoms with Crippen molar-refractivity contribution in [1.29, 1.82) is 0 Å². The molecule has 2 rings (SSSR count). The summed E-state index contributed by atoms with van der Waals surface area (Å²) in [5.41, 5.74) is 0.467. The Balaban J connectivity index is 2.13. The van der Waals surface area contributed by atoms with Crippen LogP contribution in [0.25, 0.3) is 0 Å². The molecule has 0 saturated carbocycles. The summed E-state index contributed by atoms with van der Waals surface area (Å²) in [5.74, 6) is -0.513. The summed E-state index contributed by atoms with van der Waals surface area (Å²) in [5, 5.41) is 2.49. The number of nitrogens with one attached hydrogen (secondary N) is 1. The van der Waals surface area contributed by atoms with Crippen LogP contribution in [0.1, 0.15) is 35.3 Å². The van der Waals surface area contributed by atoms with Crippen molar-refractivity contribution in [2.45, 2.75) is 26.6 Å². The number of carbonyl (C=O) groups excluding carboxylic acids is 1. The molecule has 2 aromatic rings. The van der Waals surface area contributed by atoms with Gasteiger partial charge in [-0.2, -0.15) is 13.2 Å². The van der Waals surface area contributed by atoms with Gasteiger partial charge < -0.3 is 5.32 Å². The lowest BCUT2D eigenvalue weighted by atomic mass is 10.1. The number of hydrogen-bond donors (Lipinski definition) is 1. The Morgan fingerprint density at radius 1 is 1.08 bits per heavy atom. The van der Waals surface area contributed by atoms with Crippen LogP contribution in [0.5, 0.6) is 0 Å². The molecule has 0 heterocycles. The van der Waals surface area contributed by atoms with Crippen molar-refractivity contribution in [3.8, 4) is 0 Å². The fraction of sp³-hybridized carbons (Fsp3) is 0.316. The van der Waals surface area contributed by atoms with Gasteiger partial charge in [-0.15, -0.1) is 0 Å². The van der Waals surface area contributed by atoms with E-state index in [0.29, 0.717) is 5.56 Å². The van der Waals surface area contributed by atoms with Gasteiger partial charge in [-0.3, -0.25) is 9.69 Å². The number of carbonyl (C=O) groups is 1. The molecule has 0 aromatic heterocycles. The summed E-state index contributed by atoms with van der Waals surface area (Å²) in [4.78, 5) is 14.5. The van der Waals surface area contributed by atoms with Crippen LogP contribution < -0.4 is 5.32 Å². The fourth-order valence-corrected chi connectivity index (χ4v) is 2.62. The first kappa shape index (κ1) is 20.3. The fourth-order valence-electron chi connectivity index (χ4n) is 2.46. The predicted octanol–water partition coefficient (Wildman–Crippen LogP) is 5.45. The Morgan fingerprint density at radius 2 is 1.69 bits per heavy atom. The monoisotopic (exact) mass is 384 g/mol. The topological polar surface area (TPSA) is 32.3 Å². The molecule has 0 aliphatic carbocycles. The number of anilines is 1. The molecule has 7 heteroatoms. The smallest absolute Gasteiger partial charge is 0.321 e. The van der Waals surface area contributed by atoms with E-state index < -0.39 is 17.6 Å². The maximum Gasteiger partial charge on any atom is 0.416 e. The largest absolute Gasteiger partial charge is 0.416 e. The average Bonchev–Trinajstić information content (AvgIpc) is 2.61. The van der Waals surface area contributed by atoms with Gasteiger partial charge in [0.1, 0.15) is 0 Å². The van der Waals surface area contributed by atoms with E-state index in [1.54, 1.807) is 12.1 Å². The average molecular weight is 385 g/mol. The maximum atomic E-state index is 12.8. The molecule has 0 radical (unpaired) electrons. The molecule has 140 valence electrons. The first-order valence-corrected chi connectivity index (χ1v) is 8.61. The molecule has 0 unspecified atom stereocenters. The van der Waals surface area contributed by atoms with E-state index in [0.717, 1.165) is 43.4 Å². The number of halogens is 4. The summed E-state index contributed by atoms with van der Waals surface area (Å²) in [6.45, 7) is 6.77. The highest BCUT2D eigenvalue weighted by Crippen LogP contribution is 2.34. The van der Waals surface area contributed by atoms with Crippen molar-refractivity contribution in [2.24, 2.45) is 0 Å². The highest BCUT2D eigenvalue weighted by molar-refractivity contribution is 6.34. The Bertz CT molecular complexity index is 756. The van der Waals surface area contributed by atoms with E-state index >= 15 is 0 Å². The molecule has 0 bridgehead atoms. The lowest BCUT2D eigenvalue weighted by Crippen LogP contribution is -2.22. The molecule has 1 N–H and O–H groups in total. The summed E-state index contributed by atoms with van der Waals surface area (Å²) in [6.07, 6.45) is -4.50. The lowest BCUT2D eigenvalue weighted by Gasteiger charge is -2.18. The molecule has 0 saturated heterocycles. The second-order valence-corrected chi connectivity index (χ2v) is 6.21. The van der Waals surface area contributed by atoms with Gasteiger partial charge in [0.15, 0.2) is 0 Å². The summed E-state index contributed by atoms with van der Waals surface area (Å²) in [7, 11) is 0. The molecule has 0 aliphatic rings. The highest BCUT2D eigenvalue weighted by Gasteiger charge is 2.31. The van der Waals surface area contributed by atoms with Gasteiger partial charge in [-0.25, -0.2) is 0 Å². The second-order valence-electron chi connectivity index (χ2n) is 5.80. The zero-order valence-corrected chi connectivity index (χ0v) is 15.3. The Labute approximate surface area is 155 Å². The Morgan fingerprint density at radius 3 is 2.23 bits per heavy atom. The third-order valence-electron chi connectivity index (χ3n) is 4.06. The van der Waals surface area contributed by atoms with Crippen LogP contribution in [-0.2, 0) is 12.7 Å². The number of rotatable bonds is 6. The quantitative estimate of drug-likeness (QED) is 0.718. The van der Waals surface area contributed by atoms with Crippen LogP contribution in [0.4, 0.5) is 18.9 Å². The molecular weight excluding hydrogens is 365 g/mol. The summed E-state index contributed by atoms with van der Waals surface area (Å²) < 4.78 is 38.4. The molecule has 0 aliphatic heterocycles. The third-order valence-corrected chi connectivity index (χ3v) is 4.39. The van der Waals surface area contributed by atoms with Gasteiger partial charge in [0.25, 0.3) is 5.91 Å². The predicted molar refractivity (Wildman–Crippen MR) is 97.5 cm³/mol. The van der Waals surface area contributed by atoms with E-state index in [2.05, 4.69) is 24.1 Å². The van der Waals surface area contributed by atoms with Crippen molar-refractivity contribution in [1.82, 2.24) is 4.90 Å². The van der Waals surface area contributed by atoms with Gasteiger partial charge >= 0.3 is 6.18 Å². The van der Waals surface area contributed by atoms with Crippen molar-refractivity contribution < 1.29 is 18.0 Å². The number of hydrogen-bond acceptors (Lipinski definition) is 2. The SMILES string of the molecule is CCN(CC)Cc1ccc(C(=O)Nc2cc(C(F)(F)F)ccc2Cl)cc1. The first-order valence-electron chi connectivity index (χ1n) is 8.24. The van der Waals surface area contributed by atoms with Gasteiger partial charge in [-0.05, 0) is 49.0 Å². The van der Waals surface area contributed by atoms with E-state index in [4.69, 9.17) is 11.6 Å². The Hall–Kier alpha value is -2.05. The van der Waals surface area contributed by atoms with Crippen LogP contribution in [0.15, 0.2) is 42.5 Å². The molecule has 0 fully saturated rings. The molecule has 0 spiro atoms. The van der Waals surface area contributed by atoms with Crippen molar-refractivity contribution in [3.63, 3.8) is 0 Å². The highest BCUT2D eigenvalue weighted by atomic mass is 35.5. The van der Waals surface area contributed by atoms with Crippen LogP contribution >= 0.6 is 11.6 Å². The molecule has 26 heavy (non-hydrogen) atoms.